The maximum absolute atomic E-state index is 12.9. The molecule has 0 fully saturated rings. The summed E-state index contributed by atoms with van der Waals surface area (Å²) in [6.07, 6.45) is 1.62. The van der Waals surface area contributed by atoms with Gasteiger partial charge in [0, 0.05) is 22.7 Å². The minimum atomic E-state index is -0.221. The fourth-order valence-corrected chi connectivity index (χ4v) is 3.44. The van der Waals surface area contributed by atoms with E-state index in [0.717, 1.165) is 5.56 Å². The van der Waals surface area contributed by atoms with Crippen molar-refractivity contribution in [3.63, 3.8) is 0 Å². The summed E-state index contributed by atoms with van der Waals surface area (Å²) in [6.45, 7) is 0.370. The fourth-order valence-electron chi connectivity index (χ4n) is 3.31. The average Bonchev–Trinajstić information content (AvgIpc) is 3.12. The van der Waals surface area contributed by atoms with Gasteiger partial charge in [-0.15, -0.1) is 0 Å². The number of fused-ring (bicyclic) bond motifs is 1. The third-order valence-electron chi connectivity index (χ3n) is 4.98. The van der Waals surface area contributed by atoms with E-state index in [0.29, 0.717) is 51.5 Å². The first-order chi connectivity index (χ1) is 15.5. The van der Waals surface area contributed by atoms with Gasteiger partial charge < -0.3 is 23.7 Å². The summed E-state index contributed by atoms with van der Waals surface area (Å²) < 4.78 is 27.8. The van der Waals surface area contributed by atoms with Crippen molar-refractivity contribution in [2.45, 2.75) is 6.61 Å². The second-order valence-electron chi connectivity index (χ2n) is 6.96. The molecule has 32 heavy (non-hydrogen) atoms. The number of carbonyl (C=O) groups is 1. The SMILES string of the molecule is COc1cc(OC)c(OC)cc1C=C1Oc2cc(OCc3ccc(Cl)cc3)ccc2C1=O. The predicted octanol–water partition coefficient (Wildman–Crippen LogP) is 5.56. The van der Waals surface area contributed by atoms with E-state index in [-0.39, 0.29) is 11.5 Å². The van der Waals surface area contributed by atoms with Crippen LogP contribution in [0.3, 0.4) is 0 Å². The number of carbonyl (C=O) groups excluding carboxylic acids is 1. The van der Waals surface area contributed by atoms with E-state index in [2.05, 4.69) is 0 Å². The van der Waals surface area contributed by atoms with E-state index >= 15 is 0 Å². The van der Waals surface area contributed by atoms with Gasteiger partial charge in [0.1, 0.15) is 23.9 Å². The zero-order valence-electron chi connectivity index (χ0n) is 17.8. The highest BCUT2D eigenvalue weighted by Crippen LogP contribution is 2.39. The highest BCUT2D eigenvalue weighted by atomic mass is 35.5. The molecule has 0 unspecified atom stereocenters. The van der Waals surface area contributed by atoms with Gasteiger partial charge >= 0.3 is 0 Å². The number of Topliss-reactive ketones (excluding diaryl/α,β-unsaturated/α-hetero) is 1. The molecular formula is C25H21ClO6. The summed E-state index contributed by atoms with van der Waals surface area (Å²) in [5.74, 6) is 2.55. The molecule has 0 atom stereocenters. The maximum Gasteiger partial charge on any atom is 0.231 e. The molecule has 6 nitrogen and oxygen atoms in total. The summed E-state index contributed by atoms with van der Waals surface area (Å²) in [5, 5.41) is 0.670. The van der Waals surface area contributed by atoms with Crippen LogP contribution in [-0.4, -0.2) is 27.1 Å². The Morgan fingerprint density at radius 1 is 0.875 bits per heavy atom. The molecule has 3 aromatic carbocycles. The number of allylic oxidation sites excluding steroid dienone is 1. The van der Waals surface area contributed by atoms with E-state index in [1.165, 1.54) is 0 Å². The van der Waals surface area contributed by atoms with E-state index in [9.17, 15) is 4.79 Å². The van der Waals surface area contributed by atoms with Crippen molar-refractivity contribution in [1.29, 1.82) is 0 Å². The number of hydrogen-bond donors (Lipinski definition) is 0. The van der Waals surface area contributed by atoms with Gasteiger partial charge in [-0.05, 0) is 42.0 Å². The summed E-state index contributed by atoms with van der Waals surface area (Å²) in [6, 6.07) is 16.0. The van der Waals surface area contributed by atoms with E-state index < -0.39 is 0 Å². The monoisotopic (exact) mass is 452 g/mol. The Morgan fingerprint density at radius 2 is 1.56 bits per heavy atom. The number of ketones is 1. The standard InChI is InChI=1S/C25H21ClO6/c1-28-20-13-23(30-3)22(29-2)10-16(20)11-24-25(27)19-9-8-18(12-21(19)32-24)31-14-15-4-6-17(26)7-5-15/h4-13H,14H2,1-3H3. The van der Waals surface area contributed by atoms with Crippen LogP contribution in [-0.2, 0) is 6.61 Å². The van der Waals surface area contributed by atoms with Gasteiger partial charge in [0.25, 0.3) is 0 Å². The smallest absolute Gasteiger partial charge is 0.231 e. The minimum Gasteiger partial charge on any atom is -0.496 e. The van der Waals surface area contributed by atoms with Gasteiger partial charge in [-0.2, -0.15) is 0 Å². The van der Waals surface area contributed by atoms with Crippen molar-refractivity contribution >= 4 is 23.5 Å². The van der Waals surface area contributed by atoms with Crippen LogP contribution in [0.15, 0.2) is 60.4 Å². The van der Waals surface area contributed by atoms with Crippen molar-refractivity contribution < 1.29 is 28.5 Å². The van der Waals surface area contributed by atoms with Gasteiger partial charge in [-0.1, -0.05) is 23.7 Å². The highest BCUT2D eigenvalue weighted by Gasteiger charge is 2.28. The molecule has 1 aliphatic rings. The molecule has 4 rings (SSSR count). The maximum atomic E-state index is 12.9. The Labute approximate surface area is 190 Å². The largest absolute Gasteiger partial charge is 0.496 e. The van der Waals surface area contributed by atoms with E-state index in [4.69, 9.17) is 35.3 Å². The lowest BCUT2D eigenvalue weighted by atomic mass is 10.1. The summed E-state index contributed by atoms with van der Waals surface area (Å²) in [4.78, 5) is 12.9. The molecule has 0 aromatic heterocycles. The first-order valence-corrected chi connectivity index (χ1v) is 10.2. The minimum absolute atomic E-state index is 0.181. The Balaban J connectivity index is 1.56. The lowest BCUT2D eigenvalue weighted by molar-refractivity contribution is 0.101. The number of hydrogen-bond acceptors (Lipinski definition) is 6. The Hall–Kier alpha value is -3.64. The third kappa shape index (κ3) is 4.36. The first-order valence-electron chi connectivity index (χ1n) is 9.78. The quantitative estimate of drug-likeness (QED) is 0.437. The van der Waals surface area contributed by atoms with Crippen LogP contribution < -0.4 is 23.7 Å². The fraction of sp³-hybridized carbons (Fsp3) is 0.160. The Bertz CT molecular complexity index is 1180. The van der Waals surface area contributed by atoms with Crippen molar-refractivity contribution in [2.75, 3.05) is 21.3 Å². The van der Waals surface area contributed by atoms with Gasteiger partial charge in [0.05, 0.1) is 26.9 Å². The van der Waals surface area contributed by atoms with Crippen LogP contribution in [0.1, 0.15) is 21.5 Å². The summed E-state index contributed by atoms with van der Waals surface area (Å²) >= 11 is 5.91. The van der Waals surface area contributed by atoms with Crippen LogP contribution in [0.2, 0.25) is 5.02 Å². The zero-order chi connectivity index (χ0) is 22.7. The summed E-state index contributed by atoms with van der Waals surface area (Å²) in [7, 11) is 4.63. The Morgan fingerprint density at radius 3 is 2.25 bits per heavy atom. The van der Waals surface area contributed by atoms with E-state index in [1.54, 1.807) is 57.7 Å². The Kier molecular flexibility index (Phi) is 6.23. The zero-order valence-corrected chi connectivity index (χ0v) is 18.6. The molecule has 0 amide bonds. The van der Waals surface area contributed by atoms with Gasteiger partial charge in [-0.3, -0.25) is 4.79 Å². The topological polar surface area (TPSA) is 63.2 Å². The summed E-state index contributed by atoms with van der Waals surface area (Å²) in [5.41, 5.74) is 2.07. The third-order valence-corrected chi connectivity index (χ3v) is 5.23. The van der Waals surface area contributed by atoms with Gasteiger partial charge in [0.15, 0.2) is 17.3 Å². The molecule has 7 heteroatoms. The molecular weight excluding hydrogens is 432 g/mol. The number of rotatable bonds is 7. The molecule has 0 radical (unpaired) electrons. The van der Waals surface area contributed by atoms with Crippen molar-refractivity contribution in [1.82, 2.24) is 0 Å². The first kappa shape index (κ1) is 21.6. The number of benzene rings is 3. The second-order valence-corrected chi connectivity index (χ2v) is 7.40. The predicted molar refractivity (Wildman–Crippen MR) is 121 cm³/mol. The lowest BCUT2D eigenvalue weighted by Crippen LogP contribution is -2.00. The van der Waals surface area contributed by atoms with E-state index in [1.807, 2.05) is 24.3 Å². The van der Waals surface area contributed by atoms with Crippen LogP contribution in [0.25, 0.3) is 6.08 Å². The van der Waals surface area contributed by atoms with Crippen LogP contribution in [0, 0.1) is 0 Å². The van der Waals surface area contributed by atoms with Crippen LogP contribution in [0.4, 0.5) is 0 Å². The molecule has 0 saturated heterocycles. The molecule has 0 spiro atoms. The molecule has 0 N–H and O–H groups in total. The van der Waals surface area contributed by atoms with Crippen molar-refractivity contribution in [2.24, 2.45) is 0 Å². The van der Waals surface area contributed by atoms with Crippen LogP contribution in [0.5, 0.6) is 28.7 Å². The molecule has 1 heterocycles. The number of halogens is 1. The number of methoxy groups -OCH3 is 3. The number of ether oxygens (including phenoxy) is 5. The van der Waals surface area contributed by atoms with Crippen LogP contribution >= 0.6 is 11.6 Å². The molecule has 0 aliphatic carbocycles. The molecule has 164 valence electrons. The highest BCUT2D eigenvalue weighted by molar-refractivity contribution is 6.30. The second kappa shape index (κ2) is 9.24. The average molecular weight is 453 g/mol. The molecule has 0 saturated carbocycles. The molecule has 0 bridgehead atoms. The molecule has 3 aromatic rings. The van der Waals surface area contributed by atoms with Crippen molar-refractivity contribution in [3.8, 4) is 28.7 Å². The normalized spacial score (nSPS) is 13.5. The van der Waals surface area contributed by atoms with Gasteiger partial charge in [-0.25, -0.2) is 0 Å². The van der Waals surface area contributed by atoms with Gasteiger partial charge in [0.2, 0.25) is 5.78 Å². The molecule has 1 aliphatic heterocycles. The van der Waals surface area contributed by atoms with Crippen molar-refractivity contribution in [3.05, 3.63) is 82.1 Å². The lowest BCUT2D eigenvalue weighted by Gasteiger charge is -2.12.